The summed E-state index contributed by atoms with van der Waals surface area (Å²) in [5, 5.41) is 3.20. The molecule has 9 heteroatoms. The van der Waals surface area contributed by atoms with Crippen molar-refractivity contribution in [1.29, 1.82) is 0 Å². The lowest BCUT2D eigenvalue weighted by atomic mass is 10.0. The van der Waals surface area contributed by atoms with Gasteiger partial charge in [-0.3, -0.25) is 18.5 Å². The minimum Gasteiger partial charge on any atom is -0.726 e. The Balaban J connectivity index is 0.00000381. The second-order valence-electron chi connectivity index (χ2n) is 15.1. The van der Waals surface area contributed by atoms with Gasteiger partial charge in [0.2, 0.25) is 22.1 Å². The molecule has 0 fully saturated rings. The summed E-state index contributed by atoms with van der Waals surface area (Å²) in [5.41, 5.74) is 0. The van der Waals surface area contributed by atoms with Crippen molar-refractivity contribution in [3.63, 3.8) is 0 Å². The lowest BCUT2D eigenvalue weighted by Crippen LogP contribution is -2.37. The maximum atomic E-state index is 12.4. The van der Waals surface area contributed by atoms with Crippen LogP contribution in [0.5, 0.6) is 0 Å². The lowest BCUT2D eigenvalue weighted by molar-refractivity contribution is -0.487. The van der Waals surface area contributed by atoms with Gasteiger partial charge in [-0.1, -0.05) is 194 Å². The van der Waals surface area contributed by atoms with Gasteiger partial charge < -0.3 is 9.87 Å². The summed E-state index contributed by atoms with van der Waals surface area (Å²) in [5.74, 6) is 1.75. The summed E-state index contributed by atoms with van der Waals surface area (Å²) in [6.45, 7) is 8.58. The van der Waals surface area contributed by atoms with Gasteiger partial charge in [0.1, 0.15) is 19.6 Å². The Morgan fingerprint density at radius 3 is 1.33 bits per heavy atom. The van der Waals surface area contributed by atoms with Gasteiger partial charge in [-0.15, -0.1) is 0 Å². The minimum absolute atomic E-state index is 0.251. The van der Waals surface area contributed by atoms with Crippen LogP contribution in [0, 0.1) is 0 Å². The molecule has 0 saturated carbocycles. The van der Waals surface area contributed by atoms with E-state index >= 15 is 0 Å². The molecule has 0 spiro atoms. The van der Waals surface area contributed by atoms with Crippen molar-refractivity contribution in [1.82, 2.24) is 10.2 Å². The van der Waals surface area contributed by atoms with Crippen molar-refractivity contribution in [3.05, 3.63) is 0 Å². The number of amidine groups is 1. The van der Waals surface area contributed by atoms with Gasteiger partial charge in [0.15, 0.2) is 0 Å². The van der Waals surface area contributed by atoms with Crippen LogP contribution < -0.4 is 5.32 Å². The van der Waals surface area contributed by atoms with Crippen molar-refractivity contribution in [2.24, 2.45) is 0 Å². The normalized spacial score (nSPS) is 13.2. The molecule has 0 aromatic heterocycles. The van der Waals surface area contributed by atoms with Crippen molar-refractivity contribution < 1.29 is 26.5 Å². The summed E-state index contributed by atoms with van der Waals surface area (Å²) < 4.78 is 33.5. The topological polar surface area (TPSA) is 102 Å². The molecule has 0 aromatic rings. The van der Waals surface area contributed by atoms with Gasteiger partial charge in [-0.25, -0.2) is 8.42 Å². The fraction of sp³-hybridized carbons (Fsp3) is 0.952. The highest BCUT2D eigenvalue weighted by molar-refractivity contribution is 7.80. The number of carbonyl (C=O) groups is 1. The van der Waals surface area contributed by atoms with E-state index in [9.17, 15) is 17.8 Å². The van der Waals surface area contributed by atoms with E-state index < -0.39 is 10.4 Å². The van der Waals surface area contributed by atoms with Crippen LogP contribution in [-0.2, 0) is 19.4 Å². The third-order valence-corrected chi connectivity index (χ3v) is 10.8. The van der Waals surface area contributed by atoms with Gasteiger partial charge in [0.25, 0.3) is 0 Å². The first-order chi connectivity index (χ1) is 24.7. The van der Waals surface area contributed by atoms with Gasteiger partial charge in [-0.05, 0) is 12.8 Å². The fourth-order valence-electron chi connectivity index (χ4n) is 7.09. The van der Waals surface area contributed by atoms with E-state index in [1.54, 1.807) is 0 Å². The third kappa shape index (κ3) is 35.6. The number of hydrogen-bond acceptors (Lipinski definition) is 6. The van der Waals surface area contributed by atoms with Gasteiger partial charge in [-0.2, -0.15) is 0 Å². The summed E-state index contributed by atoms with van der Waals surface area (Å²) >= 11 is 0. The zero-order valence-electron chi connectivity index (χ0n) is 34.3. The number of nitrogens with zero attached hydrogens (tertiary/aromatic N) is 2. The number of hydrogen-bond donors (Lipinski definition) is 1. The summed E-state index contributed by atoms with van der Waals surface area (Å²) in [4.78, 5) is 14.9. The molecular formula is C42H85N3O5S. The van der Waals surface area contributed by atoms with E-state index in [2.05, 4.69) is 39.9 Å². The molecule has 51 heavy (non-hydrogen) atoms. The lowest BCUT2D eigenvalue weighted by Gasteiger charge is -2.14. The molecule has 1 aliphatic heterocycles. The molecule has 1 N–H and O–H groups in total. The molecule has 1 amide bonds. The largest absolute Gasteiger partial charge is 0.726 e. The molecule has 8 nitrogen and oxygen atoms in total. The number of amides is 1. The third-order valence-electron chi connectivity index (χ3n) is 10.4. The molecule has 0 aliphatic carbocycles. The monoisotopic (exact) mass is 744 g/mol. The SMILES string of the molecule is CCCCCCCCCCCCCCCCCC(=O)NCCN1CC[N+](C)=C1CCCCCCCCCCCCCCCCC.COS(=O)(=O)[O-]. The average molecular weight is 744 g/mol. The molecule has 0 bridgehead atoms. The highest BCUT2D eigenvalue weighted by Crippen LogP contribution is 2.16. The van der Waals surface area contributed by atoms with E-state index in [-0.39, 0.29) is 5.91 Å². The molecular weight excluding hydrogens is 659 g/mol. The summed E-state index contributed by atoms with van der Waals surface area (Å²) in [6.07, 6.45) is 43.7. The van der Waals surface area contributed by atoms with E-state index in [4.69, 9.17) is 0 Å². The highest BCUT2D eigenvalue weighted by Gasteiger charge is 2.27. The van der Waals surface area contributed by atoms with Crippen LogP contribution >= 0.6 is 0 Å². The van der Waals surface area contributed by atoms with E-state index in [1.807, 2.05) is 0 Å². The van der Waals surface area contributed by atoms with Crippen LogP contribution in [0.15, 0.2) is 0 Å². The number of nitrogens with one attached hydrogen (secondary N) is 1. The average Bonchev–Trinajstić information content (AvgIpc) is 3.46. The maximum absolute atomic E-state index is 12.4. The van der Waals surface area contributed by atoms with Crippen molar-refractivity contribution in [2.45, 2.75) is 219 Å². The molecule has 0 unspecified atom stereocenters. The van der Waals surface area contributed by atoms with Crippen LogP contribution in [0.3, 0.4) is 0 Å². The highest BCUT2D eigenvalue weighted by atomic mass is 32.3. The molecule has 0 atom stereocenters. The van der Waals surface area contributed by atoms with E-state index in [1.165, 1.54) is 198 Å². The van der Waals surface area contributed by atoms with Crippen LogP contribution in [0.25, 0.3) is 0 Å². The van der Waals surface area contributed by atoms with Crippen LogP contribution in [0.1, 0.15) is 219 Å². The maximum Gasteiger partial charge on any atom is 0.246 e. The predicted octanol–water partition coefficient (Wildman–Crippen LogP) is 11.1. The van der Waals surface area contributed by atoms with E-state index in [0.717, 1.165) is 39.7 Å². The van der Waals surface area contributed by atoms with Crippen LogP contribution in [0.4, 0.5) is 0 Å². The van der Waals surface area contributed by atoms with Crippen molar-refractivity contribution in [3.8, 4) is 0 Å². The molecule has 1 aliphatic rings. The first-order valence-corrected chi connectivity index (χ1v) is 23.2. The Morgan fingerprint density at radius 1 is 0.647 bits per heavy atom. The summed E-state index contributed by atoms with van der Waals surface area (Å²) in [7, 11) is -1.36. The Hall–Kier alpha value is -1.19. The summed E-state index contributed by atoms with van der Waals surface area (Å²) in [6, 6.07) is 0. The smallest absolute Gasteiger partial charge is 0.246 e. The fourth-order valence-corrected chi connectivity index (χ4v) is 7.09. The standard InChI is InChI=1S/C41H81N3O.CH4O4S/c1-4-6-8-10-12-14-16-18-20-22-24-26-28-30-32-34-40(45)42-36-37-44-39-38-43(3)41(44)35-33-31-29-27-25-23-21-19-17-15-13-11-9-7-5-2;1-5-6(2,3)4/h4-39H2,1-3H3;1H3,(H,2,3,4). The Kier molecular flexibility index (Phi) is 36.3. The van der Waals surface area contributed by atoms with Gasteiger partial charge in [0.05, 0.1) is 20.7 Å². The first-order valence-electron chi connectivity index (χ1n) is 21.8. The first kappa shape index (κ1) is 49.8. The Labute approximate surface area is 317 Å². The van der Waals surface area contributed by atoms with Crippen molar-refractivity contribution >= 4 is 22.1 Å². The van der Waals surface area contributed by atoms with Gasteiger partial charge >= 0.3 is 0 Å². The predicted molar refractivity (Wildman–Crippen MR) is 216 cm³/mol. The number of unbranched alkanes of at least 4 members (excludes halogenated alkanes) is 28. The minimum atomic E-state index is -4.41. The molecule has 1 heterocycles. The Morgan fingerprint density at radius 2 is 0.980 bits per heavy atom. The van der Waals surface area contributed by atoms with E-state index in [0.29, 0.717) is 6.42 Å². The molecule has 0 saturated heterocycles. The van der Waals surface area contributed by atoms with Crippen LogP contribution in [0.2, 0.25) is 0 Å². The molecule has 0 aromatic carbocycles. The number of carbonyl (C=O) groups excluding carboxylic acids is 1. The second kappa shape index (κ2) is 37.1. The van der Waals surface area contributed by atoms with Crippen molar-refractivity contribution in [2.75, 3.05) is 40.3 Å². The molecule has 304 valence electrons. The Bertz CT molecular complexity index is 912. The number of rotatable bonds is 36. The second-order valence-corrected chi connectivity index (χ2v) is 16.3. The number of likely N-dealkylation sites (N-methyl/N-ethyl adjacent to an activating group) is 1. The zero-order valence-corrected chi connectivity index (χ0v) is 35.1. The van der Waals surface area contributed by atoms with Gasteiger partial charge in [0, 0.05) is 12.8 Å². The molecule has 0 radical (unpaired) electrons. The van der Waals surface area contributed by atoms with Crippen LogP contribution in [-0.4, -0.2) is 74.5 Å². The molecule has 1 rings (SSSR count). The zero-order chi connectivity index (χ0) is 37.7. The quantitative estimate of drug-likeness (QED) is 0.0297.